The van der Waals surface area contributed by atoms with E-state index in [-0.39, 0.29) is 17.5 Å². The van der Waals surface area contributed by atoms with Crippen LogP contribution < -0.4 is 5.32 Å². The van der Waals surface area contributed by atoms with Gasteiger partial charge in [-0.05, 0) is 24.6 Å². The molecule has 0 heterocycles. The van der Waals surface area contributed by atoms with Gasteiger partial charge >= 0.3 is 6.18 Å². The summed E-state index contributed by atoms with van der Waals surface area (Å²) in [7, 11) is 0. The monoisotopic (exact) mass is 343 g/mol. The molecule has 1 atom stereocenters. The van der Waals surface area contributed by atoms with Crippen LogP contribution in [0.5, 0.6) is 0 Å². The van der Waals surface area contributed by atoms with Crippen molar-refractivity contribution in [2.75, 3.05) is 0 Å². The van der Waals surface area contributed by atoms with E-state index in [0.29, 0.717) is 6.07 Å². The molecule has 2 aromatic carbocycles. The normalized spacial score (nSPS) is 12.8. The first-order chi connectivity index (χ1) is 11.2. The summed E-state index contributed by atoms with van der Waals surface area (Å²) in [5.74, 6) is -2.11. The van der Waals surface area contributed by atoms with Crippen molar-refractivity contribution in [2.24, 2.45) is 0 Å². The number of halogens is 5. The highest BCUT2D eigenvalue weighted by Gasteiger charge is 2.30. The molecule has 0 aliphatic carbocycles. The van der Waals surface area contributed by atoms with Gasteiger partial charge in [0, 0.05) is 11.6 Å². The highest BCUT2D eigenvalue weighted by molar-refractivity contribution is 5.79. The van der Waals surface area contributed by atoms with Crippen LogP contribution in [0.3, 0.4) is 0 Å². The van der Waals surface area contributed by atoms with Crippen molar-refractivity contribution in [3.8, 4) is 0 Å². The van der Waals surface area contributed by atoms with Gasteiger partial charge in [-0.3, -0.25) is 4.79 Å². The van der Waals surface area contributed by atoms with E-state index in [1.807, 2.05) is 0 Å². The number of rotatable bonds is 4. The topological polar surface area (TPSA) is 29.1 Å². The second-order valence-corrected chi connectivity index (χ2v) is 5.33. The van der Waals surface area contributed by atoms with Crippen molar-refractivity contribution < 1.29 is 26.7 Å². The van der Waals surface area contributed by atoms with E-state index in [1.54, 1.807) is 0 Å². The Morgan fingerprint density at radius 3 is 2.46 bits per heavy atom. The summed E-state index contributed by atoms with van der Waals surface area (Å²) >= 11 is 0. The highest BCUT2D eigenvalue weighted by Crippen LogP contribution is 2.29. The predicted molar refractivity (Wildman–Crippen MR) is 78.1 cm³/mol. The lowest BCUT2D eigenvalue weighted by Gasteiger charge is -2.15. The number of carbonyl (C=O) groups is 1. The van der Waals surface area contributed by atoms with E-state index in [9.17, 15) is 26.7 Å². The van der Waals surface area contributed by atoms with Gasteiger partial charge in [0.25, 0.3) is 0 Å². The molecule has 2 rings (SSSR count). The summed E-state index contributed by atoms with van der Waals surface area (Å²) in [5, 5.41) is 2.48. The van der Waals surface area contributed by atoms with E-state index in [1.165, 1.54) is 25.1 Å². The van der Waals surface area contributed by atoms with Gasteiger partial charge in [-0.15, -0.1) is 0 Å². The van der Waals surface area contributed by atoms with E-state index in [4.69, 9.17) is 0 Å². The summed E-state index contributed by atoms with van der Waals surface area (Å²) in [6.07, 6.45) is -4.77. The Labute approximate surface area is 135 Å². The number of carbonyl (C=O) groups excluding carboxylic acids is 1. The molecule has 0 fully saturated rings. The zero-order valence-corrected chi connectivity index (χ0v) is 12.6. The smallest absolute Gasteiger partial charge is 0.349 e. The number of amides is 1. The summed E-state index contributed by atoms with van der Waals surface area (Å²) in [5.41, 5.74) is -0.562. The minimum Gasteiger partial charge on any atom is -0.349 e. The number of hydrogen-bond donors (Lipinski definition) is 1. The minimum absolute atomic E-state index is 0.0915. The lowest BCUT2D eigenvalue weighted by atomic mass is 10.1. The van der Waals surface area contributed by atoms with Gasteiger partial charge in [0.2, 0.25) is 5.91 Å². The van der Waals surface area contributed by atoms with Crippen molar-refractivity contribution >= 4 is 5.91 Å². The lowest BCUT2D eigenvalue weighted by molar-refractivity contribution is -0.137. The summed E-state index contributed by atoms with van der Waals surface area (Å²) in [4.78, 5) is 11.9. The molecule has 0 bridgehead atoms. The first-order valence-electron chi connectivity index (χ1n) is 7.07. The molecule has 1 unspecified atom stereocenters. The van der Waals surface area contributed by atoms with Crippen LogP contribution in [0.25, 0.3) is 0 Å². The van der Waals surface area contributed by atoms with Gasteiger partial charge in [-0.25, -0.2) is 8.78 Å². The molecule has 0 saturated carbocycles. The third-order valence-electron chi connectivity index (χ3n) is 3.43. The van der Waals surface area contributed by atoms with Crippen molar-refractivity contribution in [2.45, 2.75) is 25.6 Å². The molecule has 0 radical (unpaired) electrons. The molecule has 0 aliphatic rings. The third-order valence-corrected chi connectivity index (χ3v) is 3.43. The van der Waals surface area contributed by atoms with Crippen molar-refractivity contribution in [3.05, 3.63) is 70.8 Å². The average molecular weight is 343 g/mol. The van der Waals surface area contributed by atoms with Crippen LogP contribution >= 0.6 is 0 Å². The van der Waals surface area contributed by atoms with Crippen LogP contribution in [0.1, 0.15) is 29.7 Å². The molecule has 0 spiro atoms. The Morgan fingerprint density at radius 2 is 1.83 bits per heavy atom. The molecule has 7 heteroatoms. The number of alkyl halides is 3. The van der Waals surface area contributed by atoms with Gasteiger partial charge in [-0.2, -0.15) is 13.2 Å². The maximum Gasteiger partial charge on any atom is 0.416 e. The molecule has 0 aliphatic heterocycles. The SMILES string of the molecule is CC(NC(=O)Cc1cccc(C(F)(F)F)c1)c1ccc(F)cc1F. The van der Waals surface area contributed by atoms with Gasteiger partial charge in [0.15, 0.2) is 0 Å². The summed E-state index contributed by atoms with van der Waals surface area (Å²) in [6.45, 7) is 1.50. The minimum atomic E-state index is -4.49. The van der Waals surface area contributed by atoms with Crippen LogP contribution in [-0.2, 0) is 17.4 Å². The molecule has 1 amide bonds. The van der Waals surface area contributed by atoms with E-state index >= 15 is 0 Å². The summed E-state index contributed by atoms with van der Waals surface area (Å²) < 4.78 is 64.4. The molecule has 2 nitrogen and oxygen atoms in total. The molecule has 128 valence electrons. The van der Waals surface area contributed by atoms with Gasteiger partial charge < -0.3 is 5.32 Å². The number of hydrogen-bond acceptors (Lipinski definition) is 1. The first-order valence-corrected chi connectivity index (χ1v) is 7.07. The van der Waals surface area contributed by atoms with Crippen molar-refractivity contribution in [1.29, 1.82) is 0 Å². The highest BCUT2D eigenvalue weighted by atomic mass is 19.4. The standard InChI is InChI=1S/C17H14F5NO/c1-10(14-6-5-13(18)9-15(14)19)23-16(24)8-11-3-2-4-12(7-11)17(20,21)22/h2-7,9-10H,8H2,1H3,(H,23,24). The fraction of sp³-hybridized carbons (Fsp3) is 0.235. The largest absolute Gasteiger partial charge is 0.416 e. The molecular weight excluding hydrogens is 329 g/mol. The Morgan fingerprint density at radius 1 is 1.12 bits per heavy atom. The second kappa shape index (κ2) is 6.98. The maximum atomic E-state index is 13.6. The molecule has 0 aromatic heterocycles. The molecule has 24 heavy (non-hydrogen) atoms. The first kappa shape index (κ1) is 17.9. The van der Waals surface area contributed by atoms with Gasteiger partial charge in [0.05, 0.1) is 18.0 Å². The molecule has 2 aromatic rings. The Balaban J connectivity index is 2.05. The molecule has 1 N–H and O–H groups in total. The number of benzene rings is 2. The van der Waals surface area contributed by atoms with E-state index in [0.717, 1.165) is 18.2 Å². The second-order valence-electron chi connectivity index (χ2n) is 5.33. The van der Waals surface area contributed by atoms with Crippen molar-refractivity contribution in [1.82, 2.24) is 5.32 Å². The van der Waals surface area contributed by atoms with Crippen molar-refractivity contribution in [3.63, 3.8) is 0 Å². The Bertz CT molecular complexity index is 742. The fourth-order valence-corrected chi connectivity index (χ4v) is 2.27. The molecule has 0 saturated heterocycles. The zero-order chi connectivity index (χ0) is 17.9. The quantitative estimate of drug-likeness (QED) is 0.819. The van der Waals surface area contributed by atoms with Gasteiger partial charge in [-0.1, -0.05) is 24.3 Å². The van der Waals surface area contributed by atoms with Crippen LogP contribution in [-0.4, -0.2) is 5.91 Å². The fourth-order valence-electron chi connectivity index (χ4n) is 2.27. The summed E-state index contributed by atoms with van der Waals surface area (Å²) in [6, 6.07) is 6.65. The third kappa shape index (κ3) is 4.53. The maximum absolute atomic E-state index is 13.6. The van der Waals surface area contributed by atoms with Crippen LogP contribution in [0.4, 0.5) is 22.0 Å². The van der Waals surface area contributed by atoms with E-state index < -0.39 is 35.3 Å². The zero-order valence-electron chi connectivity index (χ0n) is 12.6. The lowest BCUT2D eigenvalue weighted by Crippen LogP contribution is -2.28. The Hall–Kier alpha value is -2.44. The van der Waals surface area contributed by atoms with Crippen LogP contribution in [0, 0.1) is 11.6 Å². The van der Waals surface area contributed by atoms with Crippen LogP contribution in [0.15, 0.2) is 42.5 Å². The molecular formula is C17H14F5NO. The predicted octanol–water partition coefficient (Wildman–Crippen LogP) is 4.40. The average Bonchev–Trinajstić information content (AvgIpc) is 2.46. The van der Waals surface area contributed by atoms with Gasteiger partial charge in [0.1, 0.15) is 11.6 Å². The Kier molecular flexibility index (Phi) is 5.21. The van der Waals surface area contributed by atoms with Crippen LogP contribution in [0.2, 0.25) is 0 Å². The van der Waals surface area contributed by atoms with E-state index in [2.05, 4.69) is 5.32 Å². The number of nitrogens with one attached hydrogen (secondary N) is 1.